The third kappa shape index (κ3) is 5.13. The lowest BCUT2D eigenvalue weighted by Crippen LogP contribution is -2.36. The molecule has 0 aromatic heterocycles. The minimum absolute atomic E-state index is 0.0246. The van der Waals surface area contributed by atoms with Crippen LogP contribution in [-0.4, -0.2) is 48.9 Å². The number of benzene rings is 2. The van der Waals surface area contributed by atoms with Crippen molar-refractivity contribution in [1.29, 1.82) is 5.26 Å². The van der Waals surface area contributed by atoms with Gasteiger partial charge in [-0.1, -0.05) is 24.3 Å². The van der Waals surface area contributed by atoms with Crippen LogP contribution in [-0.2, 0) is 9.53 Å². The fourth-order valence-electron chi connectivity index (χ4n) is 3.51. The van der Waals surface area contributed by atoms with Crippen molar-refractivity contribution in [2.45, 2.75) is 18.9 Å². The number of nitriles is 1. The van der Waals surface area contributed by atoms with E-state index in [1.807, 2.05) is 48.5 Å². The molecule has 2 aliphatic rings. The van der Waals surface area contributed by atoms with E-state index in [1.165, 1.54) is 18.9 Å². The molecular weight excluding hydrogens is 426 g/mol. The van der Waals surface area contributed by atoms with E-state index >= 15 is 0 Å². The average molecular weight is 450 g/mol. The molecule has 2 heterocycles. The van der Waals surface area contributed by atoms with Crippen LogP contribution in [0.5, 0.6) is 11.5 Å². The predicted molar refractivity (Wildman–Crippen MR) is 124 cm³/mol. The van der Waals surface area contributed by atoms with Crippen molar-refractivity contribution in [3.05, 3.63) is 59.0 Å². The van der Waals surface area contributed by atoms with Gasteiger partial charge in [0.25, 0.3) is 5.91 Å². The number of aliphatic imine (C=N–C) groups is 1. The lowest BCUT2D eigenvalue weighted by Gasteiger charge is -2.19. The number of amides is 1. The molecule has 2 aliphatic heterocycles. The number of amidine groups is 1. The summed E-state index contributed by atoms with van der Waals surface area (Å²) < 4.78 is 16.5. The molecule has 4 rings (SSSR count). The van der Waals surface area contributed by atoms with Gasteiger partial charge in [0, 0.05) is 6.61 Å². The quantitative estimate of drug-likeness (QED) is 0.583. The Labute approximate surface area is 191 Å². The molecule has 0 saturated carbocycles. The van der Waals surface area contributed by atoms with Crippen molar-refractivity contribution in [2.24, 2.45) is 4.99 Å². The molecule has 164 valence electrons. The Hall–Kier alpha value is -3.28. The van der Waals surface area contributed by atoms with Crippen molar-refractivity contribution in [3.8, 4) is 17.6 Å². The van der Waals surface area contributed by atoms with E-state index in [-0.39, 0.29) is 18.6 Å². The molecule has 32 heavy (non-hydrogen) atoms. The van der Waals surface area contributed by atoms with Crippen LogP contribution in [0.15, 0.2) is 58.4 Å². The number of hydrogen-bond acceptors (Lipinski definition) is 7. The second kappa shape index (κ2) is 10.4. The summed E-state index contributed by atoms with van der Waals surface area (Å²) in [7, 11) is 1.54. The maximum absolute atomic E-state index is 13.3. The van der Waals surface area contributed by atoms with E-state index in [0.717, 1.165) is 30.7 Å². The smallest absolute Gasteiger partial charge is 0.266 e. The number of nitrogens with zero attached hydrogens (tertiary/aromatic N) is 3. The van der Waals surface area contributed by atoms with E-state index in [2.05, 4.69) is 0 Å². The second-order valence-corrected chi connectivity index (χ2v) is 8.26. The molecule has 2 fully saturated rings. The highest BCUT2D eigenvalue weighted by molar-refractivity contribution is 8.18. The maximum atomic E-state index is 13.3. The number of carbonyl (C=O) groups excluding carboxylic acids is 1. The summed E-state index contributed by atoms with van der Waals surface area (Å²) in [4.78, 5) is 20.3. The molecule has 1 atom stereocenters. The molecule has 2 aromatic rings. The Kier molecular flexibility index (Phi) is 7.10. The molecule has 8 heteroatoms. The van der Waals surface area contributed by atoms with Crippen molar-refractivity contribution in [3.63, 3.8) is 0 Å². The first-order valence-electron chi connectivity index (χ1n) is 10.3. The largest absolute Gasteiger partial charge is 0.493 e. The van der Waals surface area contributed by atoms with Crippen LogP contribution >= 0.6 is 11.8 Å². The van der Waals surface area contributed by atoms with E-state index in [9.17, 15) is 4.79 Å². The fraction of sp³-hybridized carbons (Fsp3) is 0.292. The van der Waals surface area contributed by atoms with Gasteiger partial charge in [-0.25, -0.2) is 4.99 Å². The number of rotatable bonds is 7. The minimum atomic E-state index is -0.0936. The molecular formula is C24H23N3O4S. The minimum Gasteiger partial charge on any atom is -0.493 e. The fourth-order valence-corrected chi connectivity index (χ4v) is 4.52. The molecule has 2 aromatic carbocycles. The van der Waals surface area contributed by atoms with Crippen LogP contribution in [0.4, 0.5) is 5.69 Å². The Bertz CT molecular complexity index is 1070. The van der Waals surface area contributed by atoms with Crippen molar-refractivity contribution in [2.75, 3.05) is 26.9 Å². The molecule has 2 saturated heterocycles. The maximum Gasteiger partial charge on any atom is 0.266 e. The van der Waals surface area contributed by atoms with E-state index < -0.39 is 0 Å². The summed E-state index contributed by atoms with van der Waals surface area (Å²) in [5.74, 6) is 0.885. The monoisotopic (exact) mass is 449 g/mol. The third-order valence-corrected chi connectivity index (χ3v) is 6.06. The van der Waals surface area contributed by atoms with Crippen molar-refractivity contribution >= 4 is 34.6 Å². The first-order chi connectivity index (χ1) is 15.7. The van der Waals surface area contributed by atoms with Crippen molar-refractivity contribution in [1.82, 2.24) is 4.90 Å². The van der Waals surface area contributed by atoms with Crippen LogP contribution in [0.2, 0.25) is 0 Å². The standard InChI is InChI=1S/C24H23N3O4S/c1-29-21-14-17(9-10-20(21)31-13-11-25)15-22-23(28)27(16-19-8-5-12-30-19)24(32-22)26-18-6-3-2-4-7-18/h2-4,6-7,9-10,14-15,19H,5,8,12-13,16H2,1H3. The number of ether oxygens (including phenoxy) is 3. The zero-order valence-electron chi connectivity index (χ0n) is 17.7. The first-order valence-corrected chi connectivity index (χ1v) is 11.1. The predicted octanol–water partition coefficient (Wildman–Crippen LogP) is 4.38. The SMILES string of the molecule is COc1cc(C=C2SC(=Nc3ccccc3)N(CC3CCCO3)C2=O)ccc1OCC#N. The Morgan fingerprint density at radius 2 is 2.12 bits per heavy atom. The van der Waals surface area contributed by atoms with Crippen LogP contribution in [0.3, 0.4) is 0 Å². The molecule has 1 unspecified atom stereocenters. The molecule has 0 aliphatic carbocycles. The number of para-hydroxylation sites is 1. The number of methoxy groups -OCH3 is 1. The molecule has 0 bridgehead atoms. The Morgan fingerprint density at radius 1 is 1.28 bits per heavy atom. The zero-order valence-corrected chi connectivity index (χ0v) is 18.5. The topological polar surface area (TPSA) is 84.2 Å². The number of carbonyl (C=O) groups is 1. The van der Waals surface area contributed by atoms with Crippen LogP contribution < -0.4 is 9.47 Å². The molecule has 1 amide bonds. The van der Waals surface area contributed by atoms with Gasteiger partial charge >= 0.3 is 0 Å². The van der Waals surface area contributed by atoms with Gasteiger partial charge < -0.3 is 14.2 Å². The van der Waals surface area contributed by atoms with Gasteiger partial charge in [0.15, 0.2) is 23.3 Å². The van der Waals surface area contributed by atoms with Gasteiger partial charge in [-0.05, 0) is 60.5 Å². The normalized spacial score (nSPS) is 20.7. The highest BCUT2D eigenvalue weighted by Crippen LogP contribution is 2.36. The Balaban J connectivity index is 1.62. The third-order valence-electron chi connectivity index (χ3n) is 5.06. The average Bonchev–Trinajstić information content (AvgIpc) is 3.43. The summed E-state index contributed by atoms with van der Waals surface area (Å²) >= 11 is 1.35. The summed E-state index contributed by atoms with van der Waals surface area (Å²) in [6, 6.07) is 16.9. The van der Waals surface area contributed by atoms with Crippen LogP contribution in [0.1, 0.15) is 18.4 Å². The van der Waals surface area contributed by atoms with E-state index in [4.69, 9.17) is 24.5 Å². The van der Waals surface area contributed by atoms with E-state index in [1.54, 1.807) is 17.0 Å². The lowest BCUT2D eigenvalue weighted by molar-refractivity contribution is -0.123. The van der Waals surface area contributed by atoms with Crippen LogP contribution in [0, 0.1) is 11.3 Å². The number of hydrogen-bond donors (Lipinski definition) is 0. The zero-order chi connectivity index (χ0) is 22.3. The number of thioether (sulfide) groups is 1. The highest BCUT2D eigenvalue weighted by atomic mass is 32.2. The van der Waals surface area contributed by atoms with Crippen LogP contribution in [0.25, 0.3) is 6.08 Å². The van der Waals surface area contributed by atoms with Gasteiger partial charge in [-0.15, -0.1) is 0 Å². The van der Waals surface area contributed by atoms with Gasteiger partial charge in [0.1, 0.15) is 6.07 Å². The van der Waals surface area contributed by atoms with Gasteiger partial charge in [-0.2, -0.15) is 5.26 Å². The first kappa shape index (κ1) is 21.9. The summed E-state index contributed by atoms with van der Waals surface area (Å²) in [6.45, 7) is 1.15. The van der Waals surface area contributed by atoms with Gasteiger partial charge in [-0.3, -0.25) is 9.69 Å². The van der Waals surface area contributed by atoms with Crippen molar-refractivity contribution < 1.29 is 19.0 Å². The summed E-state index contributed by atoms with van der Waals surface area (Å²) in [5.41, 5.74) is 1.59. The second-order valence-electron chi connectivity index (χ2n) is 7.25. The van der Waals surface area contributed by atoms with E-state index in [0.29, 0.717) is 28.1 Å². The molecule has 0 spiro atoms. The molecule has 0 N–H and O–H groups in total. The molecule has 7 nitrogen and oxygen atoms in total. The lowest BCUT2D eigenvalue weighted by atomic mass is 10.1. The Morgan fingerprint density at radius 3 is 2.84 bits per heavy atom. The van der Waals surface area contributed by atoms with Gasteiger partial charge in [0.2, 0.25) is 0 Å². The summed E-state index contributed by atoms with van der Waals surface area (Å²) in [6.07, 6.45) is 3.79. The highest BCUT2D eigenvalue weighted by Gasteiger charge is 2.35. The molecule has 0 radical (unpaired) electrons. The summed E-state index contributed by atoms with van der Waals surface area (Å²) in [5, 5.41) is 9.37. The van der Waals surface area contributed by atoms with Gasteiger partial charge in [0.05, 0.1) is 30.4 Å².